The fraction of sp³-hybridized carbons (Fsp3) is 0.552. The average Bonchev–Trinajstić information content (AvgIpc) is 2.94. The highest BCUT2D eigenvalue weighted by atomic mass is 16.3. The van der Waals surface area contributed by atoms with Crippen LogP contribution in [0, 0.1) is 0 Å². The number of nitrogens with zero attached hydrogens (tertiary/aromatic N) is 7. The van der Waals surface area contributed by atoms with E-state index in [0.717, 1.165) is 94.4 Å². The number of rotatable bonds is 7. The number of piperazine rings is 1. The maximum absolute atomic E-state index is 9.17. The summed E-state index contributed by atoms with van der Waals surface area (Å²) in [5.74, 6) is 2.10. The van der Waals surface area contributed by atoms with E-state index in [0.29, 0.717) is 18.0 Å². The number of β-amino-alcohol motifs (C(OH)–C–C–N with tert-alkyl or cyclic N) is 1. The second-order valence-corrected chi connectivity index (χ2v) is 11.1. The minimum atomic E-state index is 0.213. The zero-order valence-corrected chi connectivity index (χ0v) is 23.3. The lowest BCUT2D eigenvalue weighted by molar-refractivity contribution is 0.165. The van der Waals surface area contributed by atoms with Gasteiger partial charge in [-0.15, -0.1) is 0 Å². The Morgan fingerprint density at radius 3 is 2.51 bits per heavy atom. The van der Waals surface area contributed by atoms with Gasteiger partial charge in [-0.3, -0.25) is 4.99 Å². The standard InChI is InChI=1S/C29H43N9O/c1-21-15-22-3-4-23(25(18-30)19-32-26-5-7-36(8-6-26)13-14-39)16-24(22)20-38(21)28-17-27(33-29(31)34-28)37-11-9-35(2)10-12-37/h3-4,16-19,21,26,39H,5-15,20,30H2,1-2H3,(H2,31,33,34). The number of fused-ring (bicyclic) bond motifs is 1. The van der Waals surface area contributed by atoms with Crippen LogP contribution in [0.1, 0.15) is 36.5 Å². The zero-order chi connectivity index (χ0) is 27.4. The molecule has 3 aliphatic heterocycles. The molecule has 0 spiro atoms. The monoisotopic (exact) mass is 533 g/mol. The van der Waals surface area contributed by atoms with E-state index in [4.69, 9.17) is 16.5 Å². The van der Waals surface area contributed by atoms with Crippen molar-refractivity contribution in [3.63, 3.8) is 0 Å². The Kier molecular flexibility index (Phi) is 8.64. The molecule has 0 bridgehead atoms. The van der Waals surface area contributed by atoms with E-state index in [-0.39, 0.29) is 6.61 Å². The summed E-state index contributed by atoms with van der Waals surface area (Å²) in [5.41, 5.74) is 16.9. The molecule has 0 saturated carbocycles. The van der Waals surface area contributed by atoms with Crippen molar-refractivity contribution in [3.05, 3.63) is 47.2 Å². The Balaban J connectivity index is 1.31. The molecule has 1 aromatic heterocycles. The van der Waals surface area contributed by atoms with Gasteiger partial charge in [0.05, 0.1) is 12.6 Å². The van der Waals surface area contributed by atoms with Crippen LogP contribution in [0.3, 0.4) is 0 Å². The van der Waals surface area contributed by atoms with E-state index in [1.165, 1.54) is 11.1 Å². The first-order valence-electron chi connectivity index (χ1n) is 14.2. The van der Waals surface area contributed by atoms with Gasteiger partial charge in [0.15, 0.2) is 0 Å². The Morgan fingerprint density at radius 1 is 1.05 bits per heavy atom. The summed E-state index contributed by atoms with van der Waals surface area (Å²) in [4.78, 5) is 23.3. The predicted molar refractivity (Wildman–Crippen MR) is 159 cm³/mol. The fourth-order valence-corrected chi connectivity index (χ4v) is 5.84. The van der Waals surface area contributed by atoms with Crippen molar-refractivity contribution in [2.24, 2.45) is 10.7 Å². The molecule has 1 aromatic carbocycles. The lowest BCUT2D eigenvalue weighted by Gasteiger charge is -2.37. The minimum Gasteiger partial charge on any atom is -0.404 e. The third-order valence-corrected chi connectivity index (χ3v) is 8.34. The number of hydrogen-bond acceptors (Lipinski definition) is 10. The van der Waals surface area contributed by atoms with E-state index in [1.807, 2.05) is 6.21 Å². The summed E-state index contributed by atoms with van der Waals surface area (Å²) in [6, 6.07) is 9.31. The summed E-state index contributed by atoms with van der Waals surface area (Å²) < 4.78 is 0. The number of hydrogen-bond donors (Lipinski definition) is 3. The number of aliphatic imine (C=N–C) groups is 1. The molecule has 10 heteroatoms. The second kappa shape index (κ2) is 12.3. The fourth-order valence-electron chi connectivity index (χ4n) is 5.84. The molecule has 3 aliphatic rings. The molecule has 1 unspecified atom stereocenters. The third-order valence-electron chi connectivity index (χ3n) is 8.34. The molecule has 5 rings (SSSR count). The average molecular weight is 534 g/mol. The van der Waals surface area contributed by atoms with Crippen molar-refractivity contribution in [3.8, 4) is 0 Å². The number of piperidine rings is 1. The molecule has 210 valence electrons. The van der Waals surface area contributed by atoms with Crippen LogP contribution >= 0.6 is 0 Å². The van der Waals surface area contributed by atoms with Gasteiger partial charge >= 0.3 is 0 Å². The van der Waals surface area contributed by atoms with Crippen molar-refractivity contribution in [1.29, 1.82) is 0 Å². The summed E-state index contributed by atoms with van der Waals surface area (Å²) in [5, 5.41) is 9.17. The van der Waals surface area contributed by atoms with Gasteiger partial charge in [-0.25, -0.2) is 0 Å². The van der Waals surface area contributed by atoms with E-state index in [9.17, 15) is 5.11 Å². The van der Waals surface area contributed by atoms with Crippen molar-refractivity contribution in [2.75, 3.05) is 75.0 Å². The molecular weight excluding hydrogens is 490 g/mol. The minimum absolute atomic E-state index is 0.213. The molecule has 4 heterocycles. The first kappa shape index (κ1) is 27.4. The van der Waals surface area contributed by atoms with Crippen LogP contribution in [0.25, 0.3) is 5.57 Å². The normalized spacial score (nSPS) is 22.0. The van der Waals surface area contributed by atoms with Crippen molar-refractivity contribution >= 4 is 29.4 Å². The highest BCUT2D eigenvalue weighted by Gasteiger charge is 2.26. The van der Waals surface area contributed by atoms with Crippen LogP contribution < -0.4 is 21.3 Å². The van der Waals surface area contributed by atoms with Gasteiger partial charge in [-0.1, -0.05) is 12.1 Å². The maximum atomic E-state index is 9.17. The van der Waals surface area contributed by atoms with Gasteiger partial charge in [0, 0.05) is 82.5 Å². The second-order valence-electron chi connectivity index (χ2n) is 11.1. The van der Waals surface area contributed by atoms with Crippen molar-refractivity contribution < 1.29 is 5.11 Å². The Bertz CT molecular complexity index is 1180. The number of nitrogen functional groups attached to an aromatic ring is 1. The quantitative estimate of drug-likeness (QED) is 0.455. The zero-order valence-electron chi connectivity index (χ0n) is 23.3. The Hall–Kier alpha value is -3.21. The Morgan fingerprint density at radius 2 is 1.79 bits per heavy atom. The lowest BCUT2D eigenvalue weighted by Crippen LogP contribution is -2.45. The molecule has 1 atom stereocenters. The molecule has 2 aromatic rings. The summed E-state index contributed by atoms with van der Waals surface area (Å²) in [6.45, 7) is 9.80. The van der Waals surface area contributed by atoms with Crippen LogP contribution in [0.4, 0.5) is 17.6 Å². The number of benzene rings is 1. The largest absolute Gasteiger partial charge is 0.404 e. The van der Waals surface area contributed by atoms with Gasteiger partial charge in [0.2, 0.25) is 5.95 Å². The number of aromatic nitrogens is 2. The van der Waals surface area contributed by atoms with Crippen molar-refractivity contribution in [1.82, 2.24) is 19.8 Å². The van der Waals surface area contributed by atoms with Crippen molar-refractivity contribution in [2.45, 2.75) is 44.8 Å². The highest BCUT2D eigenvalue weighted by molar-refractivity contribution is 6.09. The first-order valence-corrected chi connectivity index (χ1v) is 14.2. The molecule has 5 N–H and O–H groups in total. The lowest BCUT2D eigenvalue weighted by atomic mass is 9.91. The van der Waals surface area contributed by atoms with Crippen LogP contribution in [0.15, 0.2) is 35.5 Å². The molecule has 0 amide bonds. The van der Waals surface area contributed by atoms with Crippen LogP contribution in [-0.4, -0.2) is 103 Å². The number of likely N-dealkylation sites (N-methyl/N-ethyl adjacent to an activating group) is 1. The van der Waals surface area contributed by atoms with Crippen LogP contribution in [0.5, 0.6) is 0 Å². The number of aliphatic hydroxyl groups excluding tert-OH is 1. The van der Waals surface area contributed by atoms with Gasteiger partial charge in [-0.05, 0) is 56.0 Å². The maximum Gasteiger partial charge on any atom is 0.223 e. The first-order chi connectivity index (χ1) is 18.9. The topological polar surface area (TPSA) is 123 Å². The summed E-state index contributed by atoms with van der Waals surface area (Å²) in [6.07, 6.45) is 6.53. The number of allylic oxidation sites excluding steroid dienone is 1. The van der Waals surface area contributed by atoms with Gasteiger partial charge in [-0.2, -0.15) is 9.97 Å². The third kappa shape index (κ3) is 6.51. The molecule has 0 aliphatic carbocycles. The molecule has 2 fully saturated rings. The number of likely N-dealkylation sites (tertiary alicyclic amines) is 1. The number of aliphatic hydroxyl groups is 1. The Labute approximate surface area is 232 Å². The molecule has 2 saturated heterocycles. The summed E-state index contributed by atoms with van der Waals surface area (Å²) in [7, 11) is 2.15. The highest BCUT2D eigenvalue weighted by Crippen LogP contribution is 2.31. The van der Waals surface area contributed by atoms with Gasteiger partial charge in [0.25, 0.3) is 0 Å². The van der Waals surface area contributed by atoms with E-state index >= 15 is 0 Å². The van der Waals surface area contributed by atoms with E-state index in [1.54, 1.807) is 6.20 Å². The predicted octanol–water partition coefficient (Wildman–Crippen LogP) is 1.59. The molecule has 39 heavy (non-hydrogen) atoms. The molecule has 10 nitrogen and oxygen atoms in total. The number of anilines is 3. The molecule has 0 radical (unpaired) electrons. The van der Waals surface area contributed by atoms with Crippen LogP contribution in [-0.2, 0) is 13.0 Å². The summed E-state index contributed by atoms with van der Waals surface area (Å²) >= 11 is 0. The number of nitrogens with two attached hydrogens (primary N) is 2. The van der Waals surface area contributed by atoms with Crippen LogP contribution in [0.2, 0.25) is 0 Å². The van der Waals surface area contributed by atoms with E-state index in [2.05, 4.69) is 67.8 Å². The van der Waals surface area contributed by atoms with E-state index < -0.39 is 0 Å². The SMILES string of the molecule is CC1Cc2ccc(C(C=NC3CCN(CCO)CC3)=CN)cc2CN1c1cc(N2CCN(C)CC2)nc(N)n1. The van der Waals surface area contributed by atoms with Gasteiger partial charge in [0.1, 0.15) is 11.6 Å². The van der Waals surface area contributed by atoms with Gasteiger partial charge < -0.3 is 36.2 Å². The smallest absolute Gasteiger partial charge is 0.223 e. The molecular formula is C29H43N9O.